The Labute approximate surface area is 136 Å². The molecule has 0 aromatic heterocycles. The summed E-state index contributed by atoms with van der Waals surface area (Å²) in [6.07, 6.45) is 4.03. The van der Waals surface area contributed by atoms with E-state index in [0.29, 0.717) is 11.6 Å². The molecule has 1 aromatic rings. The fourth-order valence-electron chi connectivity index (χ4n) is 2.64. The largest absolute Gasteiger partial charge is 0.457 e. The van der Waals surface area contributed by atoms with Crippen molar-refractivity contribution in [3.63, 3.8) is 0 Å². The zero-order valence-electron chi connectivity index (χ0n) is 12.8. The zero-order chi connectivity index (χ0) is 15.9. The highest BCUT2D eigenvalue weighted by Crippen LogP contribution is 2.35. The zero-order valence-corrected chi connectivity index (χ0v) is 13.6. The van der Waals surface area contributed by atoms with Crippen molar-refractivity contribution in [1.82, 2.24) is 5.32 Å². The fraction of sp³-hybridized carbons (Fsp3) is 0.529. The number of halogens is 1. The molecular weight excluding hydrogens is 302 g/mol. The van der Waals surface area contributed by atoms with Crippen molar-refractivity contribution in [2.24, 2.45) is 5.92 Å². The fourth-order valence-corrected chi connectivity index (χ4v) is 2.76. The Balaban J connectivity index is 1.94. The molecule has 1 aliphatic heterocycles. The molecule has 1 saturated heterocycles. The van der Waals surface area contributed by atoms with Gasteiger partial charge in [-0.3, -0.25) is 9.59 Å². The van der Waals surface area contributed by atoms with Crippen LogP contribution in [0.15, 0.2) is 24.3 Å². The molecule has 1 fully saturated rings. The van der Waals surface area contributed by atoms with Gasteiger partial charge in [-0.1, -0.05) is 49.9 Å². The Morgan fingerprint density at radius 3 is 2.68 bits per heavy atom. The molecule has 0 spiro atoms. The summed E-state index contributed by atoms with van der Waals surface area (Å²) in [6.45, 7) is 2.80. The number of nitrogens with one attached hydrogen (secondary N) is 1. The molecule has 1 aromatic carbocycles. The molecule has 0 saturated carbocycles. The minimum atomic E-state index is -0.514. The first-order chi connectivity index (χ1) is 10.6. The van der Waals surface area contributed by atoms with Crippen molar-refractivity contribution in [2.45, 2.75) is 45.1 Å². The topological polar surface area (TPSA) is 55.4 Å². The number of amides is 1. The van der Waals surface area contributed by atoms with E-state index in [-0.39, 0.29) is 18.3 Å². The van der Waals surface area contributed by atoms with Crippen molar-refractivity contribution in [3.05, 3.63) is 34.9 Å². The highest BCUT2D eigenvalue weighted by molar-refractivity contribution is 6.30. The first-order valence-electron chi connectivity index (χ1n) is 7.84. The van der Waals surface area contributed by atoms with Gasteiger partial charge in [-0.15, -0.1) is 0 Å². The maximum absolute atomic E-state index is 12.3. The molecule has 120 valence electrons. The van der Waals surface area contributed by atoms with Gasteiger partial charge < -0.3 is 10.1 Å². The number of carbonyl (C=O) groups excluding carboxylic acids is 2. The minimum absolute atomic E-state index is 0.109. The lowest BCUT2D eigenvalue weighted by atomic mass is 9.94. The molecule has 0 aliphatic carbocycles. The lowest BCUT2D eigenvalue weighted by molar-refractivity contribution is -0.141. The molecule has 22 heavy (non-hydrogen) atoms. The lowest BCUT2D eigenvalue weighted by Gasteiger charge is -2.17. The highest BCUT2D eigenvalue weighted by Gasteiger charge is 2.40. The van der Waals surface area contributed by atoms with E-state index in [4.69, 9.17) is 16.3 Å². The Morgan fingerprint density at radius 1 is 1.27 bits per heavy atom. The van der Waals surface area contributed by atoms with Gasteiger partial charge in [0.15, 0.2) is 0 Å². The number of carbonyl (C=O) groups is 2. The summed E-state index contributed by atoms with van der Waals surface area (Å²) in [4.78, 5) is 23.9. The molecule has 2 rings (SSSR count). The number of cyclic esters (lactones) is 1. The molecule has 1 aliphatic rings. The predicted octanol–water partition coefficient (Wildman–Crippen LogP) is 3.64. The summed E-state index contributed by atoms with van der Waals surface area (Å²) in [5.74, 6) is -0.895. The first-order valence-corrected chi connectivity index (χ1v) is 8.22. The molecule has 1 amide bonds. The molecule has 4 nitrogen and oxygen atoms in total. The second-order valence-corrected chi connectivity index (χ2v) is 6.06. The number of hydrogen-bond donors (Lipinski definition) is 1. The van der Waals surface area contributed by atoms with Gasteiger partial charge in [-0.05, 0) is 24.1 Å². The van der Waals surface area contributed by atoms with Gasteiger partial charge in [0, 0.05) is 11.6 Å². The summed E-state index contributed by atoms with van der Waals surface area (Å²) in [6, 6.07) is 7.08. The Bertz CT molecular complexity index is 515. The average Bonchev–Trinajstić information content (AvgIpc) is 2.89. The molecule has 1 heterocycles. The number of benzene rings is 1. The van der Waals surface area contributed by atoms with Crippen LogP contribution in [0.4, 0.5) is 0 Å². The third kappa shape index (κ3) is 4.47. The third-order valence-electron chi connectivity index (χ3n) is 3.88. The van der Waals surface area contributed by atoms with E-state index < -0.39 is 12.0 Å². The van der Waals surface area contributed by atoms with Crippen molar-refractivity contribution >= 4 is 23.5 Å². The quantitative estimate of drug-likeness (QED) is 0.615. The smallest absolute Gasteiger partial charge is 0.307 e. The Morgan fingerprint density at radius 2 is 2.00 bits per heavy atom. The van der Waals surface area contributed by atoms with E-state index in [2.05, 4.69) is 12.2 Å². The van der Waals surface area contributed by atoms with Crippen molar-refractivity contribution in [3.8, 4) is 0 Å². The minimum Gasteiger partial charge on any atom is -0.457 e. The highest BCUT2D eigenvalue weighted by atomic mass is 35.5. The van der Waals surface area contributed by atoms with Gasteiger partial charge in [0.05, 0.1) is 12.3 Å². The first kappa shape index (κ1) is 16.8. The average molecular weight is 324 g/mol. The van der Waals surface area contributed by atoms with E-state index in [1.54, 1.807) is 24.3 Å². The molecule has 0 unspecified atom stereocenters. The summed E-state index contributed by atoms with van der Waals surface area (Å²) in [7, 11) is 0. The molecule has 0 bridgehead atoms. The summed E-state index contributed by atoms with van der Waals surface area (Å²) in [5.41, 5.74) is 0.807. The normalized spacial score (nSPS) is 20.7. The summed E-state index contributed by atoms with van der Waals surface area (Å²) in [5, 5.41) is 3.53. The van der Waals surface area contributed by atoms with Crippen LogP contribution >= 0.6 is 11.6 Å². The Kier molecular flexibility index (Phi) is 6.25. The SMILES string of the molecule is CCCCCCNC(=O)[C@@H]1CC(=O)O[C@H]1c1ccc(Cl)cc1. The standard InChI is InChI=1S/C17H22ClNO3/c1-2-3-4-5-10-19-17(21)14-11-15(20)22-16(14)12-6-8-13(18)9-7-12/h6-9,14,16H,2-5,10-11H2,1H3,(H,19,21)/t14-,16+/m1/s1. The number of unbranched alkanes of at least 4 members (excludes halogenated alkanes) is 3. The van der Waals surface area contributed by atoms with Crippen LogP contribution in [0, 0.1) is 5.92 Å². The van der Waals surface area contributed by atoms with Crippen LogP contribution in [-0.4, -0.2) is 18.4 Å². The molecule has 2 atom stereocenters. The van der Waals surface area contributed by atoms with Crippen molar-refractivity contribution in [1.29, 1.82) is 0 Å². The van der Waals surface area contributed by atoms with Crippen LogP contribution in [0.5, 0.6) is 0 Å². The molecular formula is C17H22ClNO3. The summed E-state index contributed by atoms with van der Waals surface area (Å²) >= 11 is 5.87. The van der Waals surface area contributed by atoms with Gasteiger partial charge in [-0.2, -0.15) is 0 Å². The van der Waals surface area contributed by atoms with Crippen LogP contribution in [0.3, 0.4) is 0 Å². The van der Waals surface area contributed by atoms with E-state index in [1.807, 2.05) is 0 Å². The second kappa shape index (κ2) is 8.18. The van der Waals surface area contributed by atoms with E-state index in [9.17, 15) is 9.59 Å². The van der Waals surface area contributed by atoms with Gasteiger partial charge in [0.1, 0.15) is 6.10 Å². The monoisotopic (exact) mass is 323 g/mol. The predicted molar refractivity (Wildman–Crippen MR) is 85.5 cm³/mol. The maximum atomic E-state index is 12.3. The van der Waals surface area contributed by atoms with Crippen molar-refractivity contribution in [2.75, 3.05) is 6.54 Å². The number of rotatable bonds is 7. The van der Waals surface area contributed by atoms with E-state index in [1.165, 1.54) is 6.42 Å². The third-order valence-corrected chi connectivity index (χ3v) is 4.13. The van der Waals surface area contributed by atoms with Crippen molar-refractivity contribution < 1.29 is 14.3 Å². The molecule has 5 heteroatoms. The van der Waals surface area contributed by atoms with Gasteiger partial charge >= 0.3 is 5.97 Å². The second-order valence-electron chi connectivity index (χ2n) is 5.62. The van der Waals surface area contributed by atoms with Crippen LogP contribution in [0.1, 0.15) is 50.7 Å². The van der Waals surface area contributed by atoms with E-state index >= 15 is 0 Å². The number of hydrogen-bond acceptors (Lipinski definition) is 3. The number of esters is 1. The van der Waals surface area contributed by atoms with Crippen LogP contribution in [-0.2, 0) is 14.3 Å². The summed E-state index contributed by atoms with van der Waals surface area (Å²) < 4.78 is 5.32. The van der Waals surface area contributed by atoms with Crippen LogP contribution in [0.2, 0.25) is 5.02 Å². The van der Waals surface area contributed by atoms with Crippen LogP contribution in [0.25, 0.3) is 0 Å². The Hall–Kier alpha value is -1.55. The lowest BCUT2D eigenvalue weighted by Crippen LogP contribution is -2.33. The molecule has 0 radical (unpaired) electrons. The van der Waals surface area contributed by atoms with E-state index in [0.717, 1.165) is 24.8 Å². The van der Waals surface area contributed by atoms with Gasteiger partial charge in [0.2, 0.25) is 5.91 Å². The maximum Gasteiger partial charge on any atom is 0.307 e. The van der Waals surface area contributed by atoms with Gasteiger partial charge in [0.25, 0.3) is 0 Å². The number of ether oxygens (including phenoxy) is 1. The van der Waals surface area contributed by atoms with Crippen LogP contribution < -0.4 is 5.32 Å². The molecule has 1 N–H and O–H groups in total. The van der Waals surface area contributed by atoms with Gasteiger partial charge in [-0.25, -0.2) is 0 Å².